The molecule has 2 heterocycles. The number of nitrogens with zero attached hydrogens (tertiary/aromatic N) is 1. The van der Waals surface area contributed by atoms with Gasteiger partial charge in [0.2, 0.25) is 0 Å². The van der Waals surface area contributed by atoms with Crippen molar-refractivity contribution in [1.82, 2.24) is 4.90 Å². The highest BCUT2D eigenvalue weighted by molar-refractivity contribution is 7.99. The molecular formula is C18H19NO3S. The molecule has 120 valence electrons. The highest BCUT2D eigenvalue weighted by Crippen LogP contribution is 2.44. The molecule has 0 aliphatic carbocycles. The quantitative estimate of drug-likeness (QED) is 0.802. The zero-order chi connectivity index (χ0) is 16.0. The maximum Gasteiger partial charge on any atom is 0.260 e. The number of hydrogen-bond acceptors (Lipinski definition) is 4. The zero-order valence-corrected chi connectivity index (χ0v) is 14.1. The third-order valence-electron chi connectivity index (χ3n) is 4.89. The van der Waals surface area contributed by atoms with E-state index >= 15 is 0 Å². The van der Waals surface area contributed by atoms with E-state index in [1.807, 2.05) is 49.1 Å². The van der Waals surface area contributed by atoms with Gasteiger partial charge in [0.1, 0.15) is 11.5 Å². The fourth-order valence-corrected chi connectivity index (χ4v) is 4.56. The molecule has 1 spiro atoms. The van der Waals surface area contributed by atoms with Crippen LogP contribution in [0.4, 0.5) is 0 Å². The van der Waals surface area contributed by atoms with Crippen LogP contribution in [-0.4, -0.2) is 42.2 Å². The Morgan fingerprint density at radius 2 is 1.96 bits per heavy atom. The standard InChI is InChI=1S/C18H19NO3S/c1-19-17(20)14-6-4-12-3-5-13(21-2)11-15(12)16(14)22-18(19)7-9-23-10-8-18/h3-6,11H,7-10H2,1-2H3. The van der Waals surface area contributed by atoms with Gasteiger partial charge in [0.05, 0.1) is 12.7 Å². The number of amides is 1. The third-order valence-corrected chi connectivity index (χ3v) is 5.88. The Morgan fingerprint density at radius 1 is 1.22 bits per heavy atom. The third kappa shape index (κ3) is 2.17. The van der Waals surface area contributed by atoms with Crippen LogP contribution >= 0.6 is 11.8 Å². The van der Waals surface area contributed by atoms with Crippen molar-refractivity contribution in [2.75, 3.05) is 25.7 Å². The Morgan fingerprint density at radius 3 is 2.70 bits per heavy atom. The van der Waals surface area contributed by atoms with Crippen LogP contribution in [-0.2, 0) is 0 Å². The molecule has 1 fully saturated rings. The lowest BCUT2D eigenvalue weighted by atomic mass is 9.97. The van der Waals surface area contributed by atoms with Gasteiger partial charge in [-0.2, -0.15) is 11.8 Å². The fraction of sp³-hybridized carbons (Fsp3) is 0.389. The van der Waals surface area contributed by atoms with Gasteiger partial charge < -0.3 is 14.4 Å². The summed E-state index contributed by atoms with van der Waals surface area (Å²) in [6.07, 6.45) is 1.72. The van der Waals surface area contributed by atoms with Crippen molar-refractivity contribution in [2.24, 2.45) is 0 Å². The van der Waals surface area contributed by atoms with Gasteiger partial charge in [0.25, 0.3) is 5.91 Å². The van der Waals surface area contributed by atoms with E-state index in [0.29, 0.717) is 11.3 Å². The first-order valence-corrected chi connectivity index (χ1v) is 8.96. The maximum atomic E-state index is 12.9. The second kappa shape index (κ2) is 5.34. The molecule has 1 amide bonds. The topological polar surface area (TPSA) is 38.8 Å². The van der Waals surface area contributed by atoms with Crippen molar-refractivity contribution in [3.05, 3.63) is 35.9 Å². The van der Waals surface area contributed by atoms with Gasteiger partial charge in [-0.25, -0.2) is 0 Å². The van der Waals surface area contributed by atoms with Gasteiger partial charge in [-0.05, 0) is 35.1 Å². The number of methoxy groups -OCH3 is 1. The minimum atomic E-state index is -0.507. The van der Waals surface area contributed by atoms with E-state index in [2.05, 4.69) is 0 Å². The van der Waals surface area contributed by atoms with Crippen LogP contribution in [0.2, 0.25) is 0 Å². The van der Waals surface area contributed by atoms with Gasteiger partial charge in [0, 0.05) is 25.3 Å². The summed E-state index contributed by atoms with van der Waals surface area (Å²) in [6.45, 7) is 0. The summed E-state index contributed by atoms with van der Waals surface area (Å²) in [5.74, 6) is 3.55. The van der Waals surface area contributed by atoms with Gasteiger partial charge in [0.15, 0.2) is 5.72 Å². The van der Waals surface area contributed by atoms with E-state index in [1.165, 1.54) is 0 Å². The van der Waals surface area contributed by atoms with Gasteiger partial charge in [-0.15, -0.1) is 0 Å². The minimum absolute atomic E-state index is 0.0443. The fourth-order valence-electron chi connectivity index (χ4n) is 3.43. The molecular weight excluding hydrogens is 310 g/mol. The SMILES string of the molecule is COc1ccc2ccc3c(c2c1)OC1(CCSCC1)N(C)C3=O. The van der Waals surface area contributed by atoms with Crippen LogP contribution < -0.4 is 9.47 Å². The monoisotopic (exact) mass is 329 g/mol. The molecule has 2 aliphatic rings. The summed E-state index contributed by atoms with van der Waals surface area (Å²) in [5, 5.41) is 2.00. The Balaban J connectivity index is 1.92. The lowest BCUT2D eigenvalue weighted by Gasteiger charge is -2.47. The van der Waals surface area contributed by atoms with Crippen molar-refractivity contribution in [3.8, 4) is 11.5 Å². The summed E-state index contributed by atoms with van der Waals surface area (Å²) < 4.78 is 11.8. The largest absolute Gasteiger partial charge is 0.497 e. The Bertz CT molecular complexity index is 783. The number of carbonyl (C=O) groups is 1. The van der Waals surface area contributed by atoms with Crippen molar-refractivity contribution in [1.29, 1.82) is 0 Å². The molecule has 5 heteroatoms. The molecule has 2 aromatic rings. The number of rotatable bonds is 1. The van der Waals surface area contributed by atoms with E-state index < -0.39 is 5.72 Å². The molecule has 0 unspecified atom stereocenters. The smallest absolute Gasteiger partial charge is 0.260 e. The lowest BCUT2D eigenvalue weighted by Crippen LogP contribution is -2.58. The Kier molecular flexibility index (Phi) is 3.41. The molecule has 4 nitrogen and oxygen atoms in total. The van der Waals surface area contributed by atoms with Crippen LogP contribution in [0.15, 0.2) is 30.3 Å². The van der Waals surface area contributed by atoms with E-state index in [-0.39, 0.29) is 5.91 Å². The summed E-state index contributed by atoms with van der Waals surface area (Å²) >= 11 is 1.92. The summed E-state index contributed by atoms with van der Waals surface area (Å²) in [6, 6.07) is 9.73. The molecule has 2 aromatic carbocycles. The predicted molar refractivity (Wildman–Crippen MR) is 92.5 cm³/mol. The molecule has 4 rings (SSSR count). The molecule has 2 aliphatic heterocycles. The lowest BCUT2D eigenvalue weighted by molar-refractivity contribution is -0.0685. The predicted octanol–water partition coefficient (Wildman–Crippen LogP) is 3.54. The van der Waals surface area contributed by atoms with Gasteiger partial charge in [-0.3, -0.25) is 4.79 Å². The van der Waals surface area contributed by atoms with Crippen LogP contribution in [0, 0.1) is 0 Å². The van der Waals surface area contributed by atoms with Gasteiger partial charge in [-0.1, -0.05) is 12.1 Å². The normalized spacial score (nSPS) is 19.6. The first kappa shape index (κ1) is 14.7. The average Bonchev–Trinajstić information content (AvgIpc) is 2.60. The highest BCUT2D eigenvalue weighted by atomic mass is 32.2. The van der Waals surface area contributed by atoms with E-state index in [9.17, 15) is 4.79 Å². The highest BCUT2D eigenvalue weighted by Gasteiger charge is 2.46. The van der Waals surface area contributed by atoms with E-state index in [1.54, 1.807) is 12.0 Å². The average molecular weight is 329 g/mol. The van der Waals surface area contributed by atoms with E-state index in [4.69, 9.17) is 9.47 Å². The number of ether oxygens (including phenoxy) is 2. The number of hydrogen-bond donors (Lipinski definition) is 0. The summed E-state index contributed by atoms with van der Waals surface area (Å²) in [4.78, 5) is 14.7. The van der Waals surface area contributed by atoms with Crippen LogP contribution in [0.1, 0.15) is 23.2 Å². The molecule has 0 aromatic heterocycles. The minimum Gasteiger partial charge on any atom is -0.497 e. The summed E-state index contributed by atoms with van der Waals surface area (Å²) in [5.41, 5.74) is 0.129. The zero-order valence-electron chi connectivity index (χ0n) is 13.3. The Labute approximate surface area is 139 Å². The number of thioether (sulfide) groups is 1. The molecule has 0 bridgehead atoms. The van der Waals surface area contributed by atoms with Crippen molar-refractivity contribution in [2.45, 2.75) is 18.6 Å². The summed E-state index contributed by atoms with van der Waals surface area (Å²) in [7, 11) is 3.51. The van der Waals surface area contributed by atoms with Crippen LogP contribution in [0.5, 0.6) is 11.5 Å². The second-order valence-corrected chi connectivity index (χ2v) is 7.28. The first-order chi connectivity index (χ1) is 11.1. The first-order valence-electron chi connectivity index (χ1n) is 7.80. The maximum absolute atomic E-state index is 12.9. The van der Waals surface area contributed by atoms with Crippen molar-refractivity contribution in [3.63, 3.8) is 0 Å². The Hall–Kier alpha value is -1.88. The van der Waals surface area contributed by atoms with Crippen LogP contribution in [0.3, 0.4) is 0 Å². The van der Waals surface area contributed by atoms with Crippen LogP contribution in [0.25, 0.3) is 10.8 Å². The molecule has 0 N–H and O–H groups in total. The van der Waals surface area contributed by atoms with E-state index in [0.717, 1.165) is 40.9 Å². The molecule has 0 atom stereocenters. The second-order valence-electron chi connectivity index (χ2n) is 6.05. The molecule has 0 saturated carbocycles. The van der Waals surface area contributed by atoms with Crippen molar-refractivity contribution >= 4 is 28.4 Å². The number of carbonyl (C=O) groups excluding carboxylic acids is 1. The molecule has 0 radical (unpaired) electrons. The number of benzene rings is 2. The van der Waals surface area contributed by atoms with Crippen molar-refractivity contribution < 1.29 is 14.3 Å². The molecule has 1 saturated heterocycles. The number of fused-ring (bicyclic) bond motifs is 3. The van der Waals surface area contributed by atoms with Gasteiger partial charge >= 0.3 is 0 Å². The molecule has 23 heavy (non-hydrogen) atoms.